The number of nitrogens with zero attached hydrogens (tertiary/aromatic N) is 6. The summed E-state index contributed by atoms with van der Waals surface area (Å²) in [5, 5.41) is 22.9. The summed E-state index contributed by atoms with van der Waals surface area (Å²) in [6.45, 7) is 9.19. The van der Waals surface area contributed by atoms with Crippen LogP contribution in [0.15, 0.2) is 24.3 Å². The number of hydrogen-bond donors (Lipinski definition) is 1. The van der Waals surface area contributed by atoms with E-state index in [9.17, 15) is 10.1 Å². The molecule has 3 aromatic rings. The Hall–Kier alpha value is -2.89. The molecule has 4 rings (SSSR count). The molecule has 170 valence electrons. The standard InChI is InChI=1S/C21H27N7O3S/c1-15-19(28(29)30)16(2)27(24-15)14-17-4-6-18(7-5-17)20-22-23-21(32)26(20)9-3-8-25-10-12-31-13-11-25/h4-7H,3,8-14H2,1-2H3,(H,23,32). The molecule has 3 heterocycles. The van der Waals surface area contributed by atoms with Gasteiger partial charge in [-0.25, -0.2) is 0 Å². The van der Waals surface area contributed by atoms with Crippen molar-refractivity contribution in [3.8, 4) is 11.4 Å². The van der Waals surface area contributed by atoms with Gasteiger partial charge in [0.2, 0.25) is 0 Å². The van der Waals surface area contributed by atoms with Crippen LogP contribution in [0.5, 0.6) is 0 Å². The van der Waals surface area contributed by atoms with Gasteiger partial charge in [0, 0.05) is 31.7 Å². The number of rotatable bonds is 8. The van der Waals surface area contributed by atoms with Gasteiger partial charge in [-0.1, -0.05) is 24.3 Å². The second-order valence-electron chi connectivity index (χ2n) is 7.94. The zero-order valence-electron chi connectivity index (χ0n) is 18.3. The van der Waals surface area contributed by atoms with Gasteiger partial charge in [0.1, 0.15) is 11.4 Å². The molecule has 0 bridgehead atoms. The fourth-order valence-corrected chi connectivity index (χ4v) is 4.28. The smallest absolute Gasteiger partial charge is 0.312 e. The van der Waals surface area contributed by atoms with E-state index in [-0.39, 0.29) is 10.6 Å². The molecule has 0 spiro atoms. The quantitative estimate of drug-likeness (QED) is 0.315. The molecule has 1 aliphatic rings. The summed E-state index contributed by atoms with van der Waals surface area (Å²) >= 11 is 5.45. The van der Waals surface area contributed by atoms with E-state index in [1.165, 1.54) is 0 Å². The van der Waals surface area contributed by atoms with Gasteiger partial charge in [-0.3, -0.25) is 24.8 Å². The van der Waals surface area contributed by atoms with Gasteiger partial charge in [-0.15, -0.1) is 0 Å². The molecule has 0 atom stereocenters. The predicted octanol–water partition coefficient (Wildman–Crippen LogP) is 3.10. The normalized spacial score (nSPS) is 14.7. The summed E-state index contributed by atoms with van der Waals surface area (Å²) in [5.74, 6) is 0.810. The minimum atomic E-state index is -0.376. The molecule has 0 saturated carbocycles. The number of aryl methyl sites for hydroxylation is 1. The molecule has 0 aliphatic carbocycles. The number of morpholine rings is 1. The Morgan fingerprint density at radius 2 is 1.91 bits per heavy atom. The lowest BCUT2D eigenvalue weighted by molar-refractivity contribution is -0.386. The van der Waals surface area contributed by atoms with Crippen LogP contribution in [0.2, 0.25) is 0 Å². The first-order valence-electron chi connectivity index (χ1n) is 10.7. The van der Waals surface area contributed by atoms with Crippen LogP contribution in [-0.4, -0.2) is 67.2 Å². The fraction of sp³-hybridized carbons (Fsp3) is 0.476. The lowest BCUT2D eigenvalue weighted by Crippen LogP contribution is -2.37. The van der Waals surface area contributed by atoms with E-state index in [4.69, 9.17) is 17.0 Å². The first-order chi connectivity index (χ1) is 15.4. The van der Waals surface area contributed by atoms with Gasteiger partial charge in [-0.05, 0) is 38.0 Å². The molecule has 1 fully saturated rings. The second-order valence-corrected chi connectivity index (χ2v) is 8.33. The van der Waals surface area contributed by atoms with E-state index in [0.717, 1.165) is 62.8 Å². The lowest BCUT2D eigenvalue weighted by Gasteiger charge is -2.26. The maximum Gasteiger partial charge on any atom is 0.312 e. The highest BCUT2D eigenvalue weighted by Gasteiger charge is 2.21. The summed E-state index contributed by atoms with van der Waals surface area (Å²) in [4.78, 5) is 13.3. The molecule has 1 N–H and O–H groups in total. The van der Waals surface area contributed by atoms with Crippen LogP contribution in [0.1, 0.15) is 23.4 Å². The molecule has 10 nitrogen and oxygen atoms in total. The number of nitro groups is 1. The molecule has 2 aromatic heterocycles. The maximum atomic E-state index is 11.2. The maximum absolute atomic E-state index is 11.2. The third kappa shape index (κ3) is 4.79. The Morgan fingerprint density at radius 1 is 1.19 bits per heavy atom. The summed E-state index contributed by atoms with van der Waals surface area (Å²) in [5.41, 5.74) is 3.03. The molecule has 0 radical (unpaired) electrons. The average molecular weight is 458 g/mol. The molecule has 32 heavy (non-hydrogen) atoms. The van der Waals surface area contributed by atoms with Crippen LogP contribution < -0.4 is 0 Å². The third-order valence-electron chi connectivity index (χ3n) is 5.79. The Balaban J connectivity index is 1.45. The summed E-state index contributed by atoms with van der Waals surface area (Å²) < 4.78 is 9.72. The van der Waals surface area contributed by atoms with Crippen molar-refractivity contribution in [3.63, 3.8) is 0 Å². The van der Waals surface area contributed by atoms with E-state index in [1.807, 2.05) is 28.8 Å². The molecule has 1 aliphatic heterocycles. The Morgan fingerprint density at radius 3 is 2.56 bits per heavy atom. The summed E-state index contributed by atoms with van der Waals surface area (Å²) in [6.07, 6.45) is 0.982. The molecule has 0 amide bonds. The molecular weight excluding hydrogens is 430 g/mol. The molecule has 0 unspecified atom stereocenters. The van der Waals surface area contributed by atoms with Gasteiger partial charge in [0.15, 0.2) is 10.6 Å². The van der Waals surface area contributed by atoms with Crippen molar-refractivity contribution >= 4 is 17.9 Å². The van der Waals surface area contributed by atoms with Crippen molar-refractivity contribution in [3.05, 3.63) is 56.1 Å². The van der Waals surface area contributed by atoms with Crippen molar-refractivity contribution in [2.24, 2.45) is 0 Å². The lowest BCUT2D eigenvalue weighted by atomic mass is 10.1. The molecule has 1 saturated heterocycles. The van der Waals surface area contributed by atoms with Crippen molar-refractivity contribution < 1.29 is 9.66 Å². The minimum Gasteiger partial charge on any atom is -0.379 e. The van der Waals surface area contributed by atoms with E-state index in [0.29, 0.717) is 22.7 Å². The fourth-order valence-electron chi connectivity index (χ4n) is 4.06. The van der Waals surface area contributed by atoms with E-state index in [1.54, 1.807) is 18.5 Å². The SMILES string of the molecule is Cc1nn(Cc2ccc(-c3n[nH]c(=S)n3CCCN3CCOCC3)cc2)c(C)c1[N+](=O)[O-]. The molecule has 1 aromatic carbocycles. The number of benzene rings is 1. The highest BCUT2D eigenvalue weighted by atomic mass is 32.1. The Bertz CT molecular complexity index is 1140. The number of hydrogen-bond acceptors (Lipinski definition) is 7. The van der Waals surface area contributed by atoms with Crippen LogP contribution in [0.25, 0.3) is 11.4 Å². The number of nitrogens with one attached hydrogen (secondary N) is 1. The zero-order chi connectivity index (χ0) is 22.7. The third-order valence-corrected chi connectivity index (χ3v) is 6.10. The van der Waals surface area contributed by atoms with Gasteiger partial charge >= 0.3 is 5.69 Å². The molecule has 11 heteroatoms. The van der Waals surface area contributed by atoms with Crippen molar-refractivity contribution in [2.75, 3.05) is 32.8 Å². The van der Waals surface area contributed by atoms with Gasteiger partial charge < -0.3 is 9.30 Å². The van der Waals surface area contributed by atoms with Crippen LogP contribution in [0, 0.1) is 28.7 Å². The van der Waals surface area contributed by atoms with Gasteiger partial charge in [0.25, 0.3) is 0 Å². The monoisotopic (exact) mass is 457 g/mol. The van der Waals surface area contributed by atoms with Crippen LogP contribution in [0.4, 0.5) is 5.69 Å². The van der Waals surface area contributed by atoms with Gasteiger partial charge in [-0.2, -0.15) is 10.2 Å². The summed E-state index contributed by atoms with van der Waals surface area (Å²) in [6, 6.07) is 7.98. The zero-order valence-corrected chi connectivity index (χ0v) is 19.1. The highest BCUT2D eigenvalue weighted by molar-refractivity contribution is 7.71. The van der Waals surface area contributed by atoms with Crippen molar-refractivity contribution in [2.45, 2.75) is 33.4 Å². The Labute approximate surface area is 191 Å². The van der Waals surface area contributed by atoms with Crippen LogP contribution >= 0.6 is 12.2 Å². The average Bonchev–Trinajstić information content (AvgIpc) is 3.28. The first-order valence-corrected chi connectivity index (χ1v) is 11.1. The van der Waals surface area contributed by atoms with E-state index >= 15 is 0 Å². The summed E-state index contributed by atoms with van der Waals surface area (Å²) in [7, 11) is 0. The predicted molar refractivity (Wildman–Crippen MR) is 122 cm³/mol. The van der Waals surface area contributed by atoms with Gasteiger partial charge in [0.05, 0.1) is 24.7 Å². The van der Waals surface area contributed by atoms with E-state index < -0.39 is 0 Å². The highest BCUT2D eigenvalue weighted by Crippen LogP contribution is 2.23. The first kappa shape index (κ1) is 22.3. The van der Waals surface area contributed by atoms with Crippen molar-refractivity contribution in [1.82, 2.24) is 29.4 Å². The number of ether oxygens (including phenoxy) is 1. The van der Waals surface area contributed by atoms with E-state index in [2.05, 4.69) is 20.2 Å². The van der Waals surface area contributed by atoms with Crippen LogP contribution in [-0.2, 0) is 17.8 Å². The topological polar surface area (TPSA) is 107 Å². The van der Waals surface area contributed by atoms with Crippen molar-refractivity contribution in [1.29, 1.82) is 0 Å². The molecular formula is C21H27N7O3S. The van der Waals surface area contributed by atoms with Crippen LogP contribution in [0.3, 0.4) is 0 Å². The number of aromatic amines is 1. The minimum absolute atomic E-state index is 0.0780. The second kappa shape index (κ2) is 9.72. The number of aromatic nitrogens is 5. The largest absolute Gasteiger partial charge is 0.379 e. The number of H-pyrrole nitrogens is 1. The Kier molecular flexibility index (Phi) is 6.77.